The average Bonchev–Trinajstić information content (AvgIpc) is 3.14. The third-order valence-electron chi connectivity index (χ3n) is 5.28. The molecule has 0 aliphatic rings. The minimum Gasteiger partial charge on any atom is -0.345 e. The Labute approximate surface area is 194 Å². The Morgan fingerprint density at radius 1 is 1.19 bits per heavy atom. The van der Waals surface area contributed by atoms with Crippen molar-refractivity contribution in [3.05, 3.63) is 81.0 Å². The van der Waals surface area contributed by atoms with Crippen LogP contribution in [-0.4, -0.2) is 20.7 Å². The minimum atomic E-state index is -0.179. The van der Waals surface area contributed by atoms with Crippen molar-refractivity contribution >= 4 is 44.3 Å². The van der Waals surface area contributed by atoms with Crippen LogP contribution in [0.3, 0.4) is 0 Å². The third kappa shape index (κ3) is 4.50. The zero-order chi connectivity index (χ0) is 22.1. The number of amides is 1. The quantitative estimate of drug-likeness (QED) is 0.350. The number of carbonyl (C=O) groups excluding carboxylic acids is 1. The van der Waals surface area contributed by atoms with Crippen molar-refractivity contribution in [3.63, 3.8) is 0 Å². The number of pyridine rings is 1. The summed E-state index contributed by atoms with van der Waals surface area (Å²) in [7, 11) is 0. The fourth-order valence-corrected chi connectivity index (χ4v) is 4.11. The second-order valence-corrected chi connectivity index (χ2v) is 8.80. The van der Waals surface area contributed by atoms with E-state index in [9.17, 15) is 4.79 Å². The number of nitrogens with zero attached hydrogens (tertiary/aromatic N) is 3. The number of halogens is 2. The average molecular weight is 498 g/mol. The van der Waals surface area contributed by atoms with Gasteiger partial charge in [-0.1, -0.05) is 39.7 Å². The Morgan fingerprint density at radius 3 is 2.61 bits per heavy atom. The first-order valence-electron chi connectivity index (χ1n) is 10.1. The van der Waals surface area contributed by atoms with E-state index in [2.05, 4.69) is 26.3 Å². The highest BCUT2D eigenvalue weighted by Gasteiger charge is 2.19. The Hall–Kier alpha value is -2.70. The van der Waals surface area contributed by atoms with Gasteiger partial charge in [-0.25, -0.2) is 4.98 Å². The van der Waals surface area contributed by atoms with Gasteiger partial charge in [-0.3, -0.25) is 9.48 Å². The molecule has 2 aromatic carbocycles. The van der Waals surface area contributed by atoms with Crippen LogP contribution in [0, 0.1) is 6.92 Å². The number of nitrogens with one attached hydrogen (secondary N) is 1. The van der Waals surface area contributed by atoms with Crippen LogP contribution in [-0.2, 0) is 6.54 Å². The molecule has 1 atom stereocenters. The van der Waals surface area contributed by atoms with Crippen LogP contribution in [0.1, 0.15) is 41.5 Å². The van der Waals surface area contributed by atoms with E-state index in [0.29, 0.717) is 10.6 Å². The summed E-state index contributed by atoms with van der Waals surface area (Å²) < 4.78 is 2.77. The zero-order valence-electron chi connectivity index (χ0n) is 17.5. The summed E-state index contributed by atoms with van der Waals surface area (Å²) in [5.41, 5.74) is 4.87. The van der Waals surface area contributed by atoms with Crippen molar-refractivity contribution < 1.29 is 4.79 Å². The smallest absolute Gasteiger partial charge is 0.252 e. The Balaban J connectivity index is 1.75. The van der Waals surface area contributed by atoms with E-state index in [0.717, 1.165) is 44.4 Å². The number of hydrogen-bond donors (Lipinski definition) is 1. The molecule has 1 amide bonds. The van der Waals surface area contributed by atoms with E-state index in [1.807, 2.05) is 80.2 Å². The molecule has 7 heteroatoms. The molecule has 0 saturated heterocycles. The lowest BCUT2D eigenvalue weighted by Crippen LogP contribution is -2.27. The first-order chi connectivity index (χ1) is 14.9. The van der Waals surface area contributed by atoms with Crippen LogP contribution < -0.4 is 5.32 Å². The van der Waals surface area contributed by atoms with E-state index in [-0.39, 0.29) is 11.9 Å². The van der Waals surface area contributed by atoms with Gasteiger partial charge < -0.3 is 5.32 Å². The van der Waals surface area contributed by atoms with Crippen molar-refractivity contribution in [3.8, 4) is 11.3 Å². The van der Waals surface area contributed by atoms with Gasteiger partial charge >= 0.3 is 0 Å². The van der Waals surface area contributed by atoms with E-state index in [4.69, 9.17) is 16.6 Å². The van der Waals surface area contributed by atoms with Gasteiger partial charge in [0.2, 0.25) is 0 Å². The molecule has 4 rings (SSSR count). The maximum Gasteiger partial charge on any atom is 0.252 e. The molecule has 1 N–H and O–H groups in total. The summed E-state index contributed by atoms with van der Waals surface area (Å²) in [6.45, 7) is 6.76. The number of fused-ring (bicyclic) bond motifs is 1. The molecule has 0 radical (unpaired) electrons. The summed E-state index contributed by atoms with van der Waals surface area (Å²) in [5.74, 6) is -0.156. The maximum atomic E-state index is 13.4. The van der Waals surface area contributed by atoms with E-state index in [1.54, 1.807) is 0 Å². The van der Waals surface area contributed by atoms with Gasteiger partial charge in [0.15, 0.2) is 0 Å². The van der Waals surface area contributed by atoms with Crippen molar-refractivity contribution in [1.82, 2.24) is 20.1 Å². The molecular formula is C24H22BrClN4O. The number of aromatic nitrogens is 3. The second-order valence-electron chi connectivity index (χ2n) is 7.44. The second kappa shape index (κ2) is 8.81. The standard InChI is InChI=1S/C24H22BrClN4O/c1-4-30-13-21(15(3)29-30)14(2)27-24(31)20-12-23(16-5-8-18(26)9-6-16)28-22-10-7-17(25)11-19(20)22/h5-14H,4H2,1-3H3,(H,27,31). The van der Waals surface area contributed by atoms with Gasteiger partial charge in [-0.05, 0) is 57.2 Å². The fraction of sp³-hybridized carbons (Fsp3) is 0.208. The highest BCUT2D eigenvalue weighted by Crippen LogP contribution is 2.28. The molecule has 31 heavy (non-hydrogen) atoms. The Bertz CT molecular complexity index is 1270. The minimum absolute atomic E-state index is 0.156. The fourth-order valence-electron chi connectivity index (χ4n) is 3.63. The lowest BCUT2D eigenvalue weighted by atomic mass is 10.0. The predicted octanol–water partition coefficient (Wildman–Crippen LogP) is 6.33. The van der Waals surface area contributed by atoms with E-state index >= 15 is 0 Å². The highest BCUT2D eigenvalue weighted by atomic mass is 79.9. The Kier molecular flexibility index (Phi) is 6.12. The topological polar surface area (TPSA) is 59.8 Å². The van der Waals surface area contributed by atoms with Crippen LogP contribution in [0.15, 0.2) is 59.2 Å². The molecule has 0 saturated carbocycles. The van der Waals surface area contributed by atoms with Crippen molar-refractivity contribution in [1.29, 1.82) is 0 Å². The number of benzene rings is 2. The predicted molar refractivity (Wildman–Crippen MR) is 128 cm³/mol. The Morgan fingerprint density at radius 2 is 1.94 bits per heavy atom. The van der Waals surface area contributed by atoms with Gasteiger partial charge in [0.1, 0.15) is 0 Å². The monoisotopic (exact) mass is 496 g/mol. The molecular weight excluding hydrogens is 476 g/mol. The lowest BCUT2D eigenvalue weighted by Gasteiger charge is -2.15. The zero-order valence-corrected chi connectivity index (χ0v) is 19.8. The van der Waals surface area contributed by atoms with Gasteiger partial charge in [0.05, 0.1) is 28.5 Å². The molecule has 158 valence electrons. The molecule has 2 aromatic heterocycles. The first-order valence-corrected chi connectivity index (χ1v) is 11.2. The summed E-state index contributed by atoms with van der Waals surface area (Å²) >= 11 is 9.55. The van der Waals surface area contributed by atoms with Crippen LogP contribution in [0.5, 0.6) is 0 Å². The molecule has 4 aromatic rings. The van der Waals surface area contributed by atoms with Gasteiger partial charge in [0, 0.05) is 38.8 Å². The van der Waals surface area contributed by atoms with Gasteiger partial charge in [-0.2, -0.15) is 5.10 Å². The SMILES string of the molecule is CCn1cc(C(C)NC(=O)c2cc(-c3ccc(Cl)cc3)nc3ccc(Br)cc23)c(C)n1. The van der Waals surface area contributed by atoms with Crippen LogP contribution in [0.4, 0.5) is 0 Å². The molecule has 5 nitrogen and oxygen atoms in total. The normalized spacial score (nSPS) is 12.2. The van der Waals surface area contributed by atoms with Crippen molar-refractivity contribution in [2.75, 3.05) is 0 Å². The molecule has 0 fully saturated rings. The highest BCUT2D eigenvalue weighted by molar-refractivity contribution is 9.10. The van der Waals surface area contributed by atoms with Crippen LogP contribution in [0.25, 0.3) is 22.2 Å². The first kappa shape index (κ1) is 21.5. The summed E-state index contributed by atoms with van der Waals surface area (Å²) in [4.78, 5) is 18.1. The van der Waals surface area contributed by atoms with Gasteiger partial charge in [0.25, 0.3) is 5.91 Å². The summed E-state index contributed by atoms with van der Waals surface area (Å²) in [5, 5.41) is 9.07. The maximum absolute atomic E-state index is 13.4. The molecule has 0 spiro atoms. The molecule has 0 aliphatic carbocycles. The van der Waals surface area contributed by atoms with Crippen molar-refractivity contribution in [2.45, 2.75) is 33.4 Å². The van der Waals surface area contributed by atoms with Crippen LogP contribution >= 0.6 is 27.5 Å². The number of rotatable bonds is 5. The third-order valence-corrected chi connectivity index (χ3v) is 6.02. The van der Waals surface area contributed by atoms with E-state index in [1.165, 1.54) is 0 Å². The van der Waals surface area contributed by atoms with Crippen molar-refractivity contribution in [2.24, 2.45) is 0 Å². The largest absolute Gasteiger partial charge is 0.345 e. The van der Waals surface area contributed by atoms with E-state index < -0.39 is 0 Å². The number of hydrogen-bond acceptors (Lipinski definition) is 3. The molecule has 0 aliphatic heterocycles. The van der Waals surface area contributed by atoms with Gasteiger partial charge in [-0.15, -0.1) is 0 Å². The van der Waals surface area contributed by atoms with Crippen LogP contribution in [0.2, 0.25) is 5.02 Å². The number of aryl methyl sites for hydroxylation is 2. The summed E-state index contributed by atoms with van der Waals surface area (Å²) in [6, 6.07) is 14.9. The molecule has 0 bridgehead atoms. The summed E-state index contributed by atoms with van der Waals surface area (Å²) in [6.07, 6.45) is 1.99. The molecule has 1 unspecified atom stereocenters. The lowest BCUT2D eigenvalue weighted by molar-refractivity contribution is 0.0941. The molecule has 2 heterocycles. The number of carbonyl (C=O) groups is 1.